The molecule has 1 aliphatic heterocycles. The number of anilines is 2. The second-order valence-corrected chi connectivity index (χ2v) is 6.02. The summed E-state index contributed by atoms with van der Waals surface area (Å²) in [5.41, 5.74) is 1.18. The highest BCUT2D eigenvalue weighted by Gasteiger charge is 2.26. The predicted molar refractivity (Wildman–Crippen MR) is 89.6 cm³/mol. The molecule has 124 valence electrons. The number of rotatable bonds is 3. The van der Waals surface area contributed by atoms with Crippen LogP contribution in [0, 0.1) is 5.82 Å². The topological polar surface area (TPSA) is 58.3 Å². The van der Waals surface area contributed by atoms with Crippen molar-refractivity contribution in [2.24, 2.45) is 0 Å². The Labute approximate surface area is 138 Å². The van der Waals surface area contributed by atoms with Crippen LogP contribution in [0.3, 0.4) is 0 Å². The zero-order valence-electron chi connectivity index (χ0n) is 13.4. The Bertz CT molecular complexity index is 829. The van der Waals surface area contributed by atoms with Crippen molar-refractivity contribution >= 4 is 22.9 Å². The largest absolute Gasteiger partial charge is 0.423 e. The van der Waals surface area contributed by atoms with Gasteiger partial charge in [0.05, 0.1) is 0 Å². The lowest BCUT2D eigenvalue weighted by molar-refractivity contribution is 0.451. The molecular weight excluding hydrogens is 309 g/mol. The fraction of sp³-hybridized carbons (Fsp3) is 0.353. The third-order valence-electron chi connectivity index (χ3n) is 4.54. The Balaban J connectivity index is 1.45. The lowest BCUT2D eigenvalue weighted by Crippen LogP contribution is -2.44. The van der Waals surface area contributed by atoms with E-state index in [1.807, 2.05) is 19.2 Å². The fourth-order valence-electron chi connectivity index (χ4n) is 3.14. The van der Waals surface area contributed by atoms with Gasteiger partial charge in [-0.1, -0.05) is 0 Å². The van der Waals surface area contributed by atoms with Gasteiger partial charge in [-0.15, -0.1) is 5.10 Å². The van der Waals surface area contributed by atoms with Crippen molar-refractivity contribution in [2.75, 3.05) is 29.9 Å². The third kappa shape index (κ3) is 2.77. The summed E-state index contributed by atoms with van der Waals surface area (Å²) in [5.74, 6) is 0.583. The van der Waals surface area contributed by atoms with Crippen molar-refractivity contribution in [3.63, 3.8) is 0 Å². The van der Waals surface area contributed by atoms with Crippen LogP contribution in [-0.4, -0.2) is 41.4 Å². The number of oxazole rings is 1. The number of hydrogen-bond acceptors (Lipinski definition) is 6. The van der Waals surface area contributed by atoms with Crippen molar-refractivity contribution < 1.29 is 8.81 Å². The molecule has 1 aromatic carbocycles. The standard InChI is InChI=1S/C17H18FN5O/c1-22(16-3-2-8-19-21-16)13-6-9-23(10-7-13)17-20-14-11-12(18)4-5-15(14)24-17/h2-5,8,11,13H,6-7,9-10H2,1H3. The van der Waals surface area contributed by atoms with E-state index in [0.717, 1.165) is 31.7 Å². The molecule has 3 heterocycles. The van der Waals surface area contributed by atoms with Crippen molar-refractivity contribution in [2.45, 2.75) is 18.9 Å². The molecule has 0 N–H and O–H groups in total. The molecule has 3 aromatic rings. The van der Waals surface area contributed by atoms with Gasteiger partial charge in [-0.3, -0.25) is 0 Å². The van der Waals surface area contributed by atoms with Gasteiger partial charge in [0.2, 0.25) is 0 Å². The summed E-state index contributed by atoms with van der Waals surface area (Å²) < 4.78 is 19.0. The predicted octanol–water partition coefficient (Wildman–Crippen LogP) is 2.86. The molecule has 0 atom stereocenters. The van der Waals surface area contributed by atoms with Gasteiger partial charge >= 0.3 is 0 Å². The Hall–Kier alpha value is -2.70. The van der Waals surface area contributed by atoms with Crippen molar-refractivity contribution in [1.82, 2.24) is 15.2 Å². The van der Waals surface area contributed by atoms with Crippen molar-refractivity contribution in [3.05, 3.63) is 42.3 Å². The monoisotopic (exact) mass is 327 g/mol. The maximum absolute atomic E-state index is 13.3. The Morgan fingerprint density at radius 1 is 1.25 bits per heavy atom. The van der Waals surface area contributed by atoms with Crippen LogP contribution in [0.1, 0.15) is 12.8 Å². The SMILES string of the molecule is CN(c1cccnn1)C1CCN(c2nc3cc(F)ccc3o2)CC1. The molecule has 0 aliphatic carbocycles. The summed E-state index contributed by atoms with van der Waals surface area (Å²) in [6, 6.07) is 9.24. The molecule has 1 fully saturated rings. The number of aromatic nitrogens is 3. The molecule has 0 radical (unpaired) electrons. The van der Waals surface area contributed by atoms with E-state index in [9.17, 15) is 4.39 Å². The smallest absolute Gasteiger partial charge is 0.298 e. The van der Waals surface area contributed by atoms with Crippen LogP contribution in [0.15, 0.2) is 40.9 Å². The lowest BCUT2D eigenvalue weighted by Gasteiger charge is -2.36. The van der Waals surface area contributed by atoms with Gasteiger partial charge in [0, 0.05) is 38.4 Å². The molecule has 2 aromatic heterocycles. The van der Waals surface area contributed by atoms with Gasteiger partial charge in [-0.25, -0.2) is 4.39 Å². The number of fused-ring (bicyclic) bond motifs is 1. The lowest BCUT2D eigenvalue weighted by atomic mass is 10.0. The van der Waals surface area contributed by atoms with Crippen molar-refractivity contribution in [3.8, 4) is 0 Å². The van der Waals surface area contributed by atoms with Crippen molar-refractivity contribution in [1.29, 1.82) is 0 Å². The number of nitrogens with zero attached hydrogens (tertiary/aromatic N) is 5. The van der Waals surface area contributed by atoms with Gasteiger partial charge in [0.25, 0.3) is 6.01 Å². The van der Waals surface area contributed by atoms with E-state index in [2.05, 4.69) is 25.0 Å². The summed E-state index contributed by atoms with van der Waals surface area (Å²) in [6.45, 7) is 1.68. The molecule has 0 amide bonds. The average Bonchev–Trinajstić information content (AvgIpc) is 3.05. The van der Waals surface area contributed by atoms with E-state index in [-0.39, 0.29) is 5.82 Å². The van der Waals surface area contributed by atoms with E-state index < -0.39 is 0 Å². The van der Waals surface area contributed by atoms with Crippen LogP contribution >= 0.6 is 0 Å². The van der Waals surface area contributed by atoms with Crippen LogP contribution in [0.5, 0.6) is 0 Å². The van der Waals surface area contributed by atoms with Gasteiger partial charge in [0.15, 0.2) is 11.4 Å². The molecule has 6 nitrogen and oxygen atoms in total. The molecule has 1 aliphatic rings. The number of hydrogen-bond donors (Lipinski definition) is 0. The van der Waals surface area contributed by atoms with Crippen LogP contribution in [0.4, 0.5) is 16.2 Å². The van der Waals surface area contributed by atoms with Crippen LogP contribution in [-0.2, 0) is 0 Å². The van der Waals surface area contributed by atoms with Crippen LogP contribution in [0.25, 0.3) is 11.1 Å². The van der Waals surface area contributed by atoms with E-state index in [0.29, 0.717) is 23.2 Å². The van der Waals surface area contributed by atoms with Gasteiger partial charge in [-0.05, 0) is 37.1 Å². The maximum Gasteiger partial charge on any atom is 0.298 e. The second kappa shape index (κ2) is 6.07. The molecule has 4 rings (SSSR count). The second-order valence-electron chi connectivity index (χ2n) is 6.02. The van der Waals surface area contributed by atoms with E-state index in [4.69, 9.17) is 4.42 Å². The van der Waals surface area contributed by atoms with E-state index >= 15 is 0 Å². The quantitative estimate of drug-likeness (QED) is 0.737. The minimum atomic E-state index is -0.299. The number of piperidine rings is 1. The average molecular weight is 327 g/mol. The van der Waals surface area contributed by atoms with Gasteiger partial charge < -0.3 is 14.2 Å². The molecule has 0 unspecified atom stereocenters. The normalized spacial score (nSPS) is 15.8. The third-order valence-corrected chi connectivity index (χ3v) is 4.54. The first kappa shape index (κ1) is 14.9. The highest BCUT2D eigenvalue weighted by molar-refractivity contribution is 5.74. The zero-order valence-corrected chi connectivity index (χ0v) is 13.4. The molecule has 0 spiro atoms. The Kier molecular flexibility index (Phi) is 3.76. The summed E-state index contributed by atoms with van der Waals surface area (Å²) in [6.07, 6.45) is 3.62. The van der Waals surface area contributed by atoms with Crippen LogP contribution in [0.2, 0.25) is 0 Å². The highest BCUT2D eigenvalue weighted by atomic mass is 19.1. The minimum absolute atomic E-state index is 0.299. The summed E-state index contributed by atoms with van der Waals surface area (Å²) in [5, 5.41) is 8.10. The van der Waals surface area contributed by atoms with Gasteiger partial charge in [0.1, 0.15) is 11.3 Å². The summed E-state index contributed by atoms with van der Waals surface area (Å²) in [7, 11) is 2.05. The molecule has 0 saturated carbocycles. The molecule has 7 heteroatoms. The molecule has 1 saturated heterocycles. The first-order valence-corrected chi connectivity index (χ1v) is 8.02. The Morgan fingerprint density at radius 2 is 2.08 bits per heavy atom. The van der Waals surface area contributed by atoms with E-state index in [1.165, 1.54) is 12.1 Å². The maximum atomic E-state index is 13.3. The highest BCUT2D eigenvalue weighted by Crippen LogP contribution is 2.27. The molecular formula is C17H18FN5O. The molecule has 24 heavy (non-hydrogen) atoms. The Morgan fingerprint density at radius 3 is 2.83 bits per heavy atom. The zero-order chi connectivity index (χ0) is 16.5. The van der Waals surface area contributed by atoms with Gasteiger partial charge in [-0.2, -0.15) is 10.1 Å². The molecule has 0 bridgehead atoms. The van der Waals surface area contributed by atoms with Crippen LogP contribution < -0.4 is 9.80 Å². The van der Waals surface area contributed by atoms with E-state index in [1.54, 1.807) is 12.3 Å². The first-order valence-electron chi connectivity index (χ1n) is 8.02. The fourth-order valence-corrected chi connectivity index (χ4v) is 3.14. The number of halogens is 1. The number of benzene rings is 1. The summed E-state index contributed by atoms with van der Waals surface area (Å²) in [4.78, 5) is 8.69. The minimum Gasteiger partial charge on any atom is -0.423 e. The summed E-state index contributed by atoms with van der Waals surface area (Å²) >= 11 is 0. The first-order chi connectivity index (χ1) is 11.7.